The Morgan fingerprint density at radius 3 is 2.38 bits per heavy atom. The van der Waals surface area contributed by atoms with E-state index in [0.717, 1.165) is 12.1 Å². The summed E-state index contributed by atoms with van der Waals surface area (Å²) in [5.41, 5.74) is 6.43. The van der Waals surface area contributed by atoms with Crippen LogP contribution in [-0.2, 0) is 6.18 Å². The fourth-order valence-electron chi connectivity index (χ4n) is 4.68. The summed E-state index contributed by atoms with van der Waals surface area (Å²) >= 11 is 0. The number of pyridine rings is 2. The maximum atomic E-state index is 13.6. The fourth-order valence-corrected chi connectivity index (χ4v) is 4.68. The highest BCUT2D eigenvalue weighted by Crippen LogP contribution is 2.35. The van der Waals surface area contributed by atoms with E-state index in [0.29, 0.717) is 29.1 Å². The number of carbonyl (C=O) groups is 1. The highest BCUT2D eigenvalue weighted by atomic mass is 19.4. The van der Waals surface area contributed by atoms with E-state index in [1.54, 1.807) is 12.3 Å². The SMILES string of the molecule is COc1cc(C(=O)N2CCN(c3cnc(N)cc3OC)CC2CCC(F)F)ncc1-c1ccc(C(F)(F)F)cc1. The van der Waals surface area contributed by atoms with Crippen LogP contribution < -0.4 is 20.1 Å². The van der Waals surface area contributed by atoms with Crippen molar-refractivity contribution in [2.24, 2.45) is 0 Å². The predicted molar refractivity (Wildman–Crippen MR) is 139 cm³/mol. The van der Waals surface area contributed by atoms with Crippen molar-refractivity contribution in [3.63, 3.8) is 0 Å². The third-order valence-corrected chi connectivity index (χ3v) is 6.72. The number of benzene rings is 1. The Bertz CT molecular complexity index is 1340. The van der Waals surface area contributed by atoms with Crippen molar-refractivity contribution in [2.45, 2.75) is 31.5 Å². The van der Waals surface area contributed by atoms with Crippen molar-refractivity contribution in [3.8, 4) is 22.6 Å². The van der Waals surface area contributed by atoms with Gasteiger partial charge in [-0.15, -0.1) is 0 Å². The number of methoxy groups -OCH3 is 2. The van der Waals surface area contributed by atoms with E-state index in [4.69, 9.17) is 15.2 Å². The van der Waals surface area contributed by atoms with Gasteiger partial charge < -0.3 is 25.0 Å². The van der Waals surface area contributed by atoms with Crippen molar-refractivity contribution in [1.82, 2.24) is 14.9 Å². The van der Waals surface area contributed by atoms with Crippen molar-refractivity contribution in [2.75, 3.05) is 44.5 Å². The number of hydrogen-bond donors (Lipinski definition) is 1. The number of nitrogen functional groups attached to an aromatic ring is 1. The first kappa shape index (κ1) is 28.8. The van der Waals surface area contributed by atoms with Crippen LogP contribution in [0.15, 0.2) is 48.8 Å². The number of hydrogen-bond acceptors (Lipinski definition) is 7. The molecule has 214 valence electrons. The molecule has 1 amide bonds. The van der Waals surface area contributed by atoms with E-state index < -0.39 is 36.5 Å². The first-order chi connectivity index (χ1) is 19.0. The lowest BCUT2D eigenvalue weighted by atomic mass is 10.0. The minimum atomic E-state index is -4.47. The van der Waals surface area contributed by atoms with Gasteiger partial charge in [0.15, 0.2) is 0 Å². The van der Waals surface area contributed by atoms with Crippen LogP contribution in [-0.4, -0.2) is 67.1 Å². The molecule has 0 bridgehead atoms. The molecule has 8 nitrogen and oxygen atoms in total. The Balaban J connectivity index is 1.59. The number of ether oxygens (including phenoxy) is 2. The lowest BCUT2D eigenvalue weighted by molar-refractivity contribution is -0.137. The van der Waals surface area contributed by atoms with Crippen LogP contribution in [0.2, 0.25) is 0 Å². The van der Waals surface area contributed by atoms with Crippen LogP contribution in [0.3, 0.4) is 0 Å². The van der Waals surface area contributed by atoms with Crippen molar-refractivity contribution >= 4 is 17.4 Å². The van der Waals surface area contributed by atoms with E-state index in [1.165, 1.54) is 43.5 Å². The number of piperazine rings is 1. The zero-order chi connectivity index (χ0) is 29.0. The van der Waals surface area contributed by atoms with E-state index in [-0.39, 0.29) is 36.8 Å². The molecule has 1 fully saturated rings. The molecule has 1 saturated heterocycles. The van der Waals surface area contributed by atoms with Crippen molar-refractivity contribution in [1.29, 1.82) is 0 Å². The zero-order valence-corrected chi connectivity index (χ0v) is 21.8. The molecule has 0 radical (unpaired) electrons. The third-order valence-electron chi connectivity index (χ3n) is 6.72. The molecule has 2 aromatic heterocycles. The molecule has 1 unspecified atom stereocenters. The second-order valence-electron chi connectivity index (χ2n) is 9.19. The van der Waals surface area contributed by atoms with Gasteiger partial charge in [0.2, 0.25) is 6.43 Å². The second kappa shape index (κ2) is 11.9. The molecular weight excluding hydrogens is 537 g/mol. The van der Waals surface area contributed by atoms with Gasteiger partial charge in [-0.05, 0) is 24.1 Å². The quantitative estimate of drug-likeness (QED) is 0.378. The average molecular weight is 566 g/mol. The Morgan fingerprint density at radius 1 is 1.05 bits per heavy atom. The van der Waals surface area contributed by atoms with Crippen LogP contribution in [0.4, 0.5) is 33.5 Å². The van der Waals surface area contributed by atoms with Gasteiger partial charge in [-0.25, -0.2) is 13.8 Å². The van der Waals surface area contributed by atoms with Crippen molar-refractivity contribution < 1.29 is 36.2 Å². The Kier molecular flexibility index (Phi) is 8.60. The Hall–Kier alpha value is -4.16. The molecule has 1 aliphatic heterocycles. The summed E-state index contributed by atoms with van der Waals surface area (Å²) in [4.78, 5) is 25.3. The van der Waals surface area contributed by atoms with Gasteiger partial charge in [0.05, 0.1) is 31.7 Å². The monoisotopic (exact) mass is 565 g/mol. The molecule has 1 aliphatic rings. The maximum Gasteiger partial charge on any atom is 0.416 e. The zero-order valence-electron chi connectivity index (χ0n) is 21.8. The molecular formula is C27H28F5N5O3. The average Bonchev–Trinajstić information content (AvgIpc) is 2.94. The molecule has 0 spiro atoms. The summed E-state index contributed by atoms with van der Waals surface area (Å²) in [6.07, 6.45) is -4.47. The highest BCUT2D eigenvalue weighted by molar-refractivity contribution is 5.94. The van der Waals surface area contributed by atoms with Crippen LogP contribution in [0.1, 0.15) is 28.9 Å². The number of halogens is 5. The molecule has 40 heavy (non-hydrogen) atoms. The molecule has 3 heterocycles. The largest absolute Gasteiger partial charge is 0.496 e. The minimum absolute atomic E-state index is 0.0229. The fraction of sp³-hybridized carbons (Fsp3) is 0.370. The maximum absolute atomic E-state index is 13.6. The van der Waals surface area contributed by atoms with Crippen LogP contribution in [0.25, 0.3) is 11.1 Å². The number of rotatable bonds is 8. The standard InChI is InChI=1S/C27H28F5N5O3/c1-39-22-11-20(34-13-19(22)16-3-5-17(6-4-16)27(30,31)32)26(38)37-10-9-36(15-18(37)7-8-24(28)29)21-14-35-25(33)12-23(21)40-2/h3-6,11-14,18,24H,7-10,15H2,1-2H3,(H2,33,35). The number of amides is 1. The summed E-state index contributed by atoms with van der Waals surface area (Å²) < 4.78 is 76.0. The van der Waals surface area contributed by atoms with Crippen LogP contribution in [0, 0.1) is 0 Å². The molecule has 13 heteroatoms. The predicted octanol–water partition coefficient (Wildman–Crippen LogP) is 5.14. The highest BCUT2D eigenvalue weighted by Gasteiger charge is 2.34. The normalized spacial score (nSPS) is 15.8. The topological polar surface area (TPSA) is 93.8 Å². The summed E-state index contributed by atoms with van der Waals surface area (Å²) in [6, 6.07) is 6.89. The Morgan fingerprint density at radius 2 is 1.75 bits per heavy atom. The molecule has 0 aliphatic carbocycles. The van der Waals surface area contributed by atoms with Gasteiger partial charge in [0, 0.05) is 56.0 Å². The van der Waals surface area contributed by atoms with Crippen LogP contribution >= 0.6 is 0 Å². The number of nitrogens with two attached hydrogens (primary N) is 1. The number of aromatic nitrogens is 2. The minimum Gasteiger partial charge on any atom is -0.496 e. The van der Waals surface area contributed by atoms with E-state index in [2.05, 4.69) is 9.97 Å². The van der Waals surface area contributed by atoms with E-state index in [1.807, 2.05) is 4.90 Å². The summed E-state index contributed by atoms with van der Waals surface area (Å²) in [5.74, 6) is 0.505. The third kappa shape index (κ3) is 6.35. The first-order valence-corrected chi connectivity index (χ1v) is 12.4. The summed E-state index contributed by atoms with van der Waals surface area (Å²) in [6.45, 7) is 0.839. The lowest BCUT2D eigenvalue weighted by Gasteiger charge is -2.42. The molecule has 1 atom stereocenters. The van der Waals surface area contributed by atoms with Gasteiger partial charge in [0.1, 0.15) is 23.0 Å². The lowest BCUT2D eigenvalue weighted by Crippen LogP contribution is -2.55. The molecule has 1 aromatic carbocycles. The number of nitrogens with zero attached hydrogens (tertiary/aromatic N) is 4. The molecule has 3 aromatic rings. The van der Waals surface area contributed by atoms with Crippen molar-refractivity contribution in [3.05, 3.63) is 60.0 Å². The summed E-state index contributed by atoms with van der Waals surface area (Å²) in [5, 5.41) is 0. The van der Waals surface area contributed by atoms with Gasteiger partial charge in [-0.2, -0.15) is 13.2 Å². The number of anilines is 2. The second-order valence-corrected chi connectivity index (χ2v) is 9.19. The van der Waals surface area contributed by atoms with E-state index in [9.17, 15) is 26.7 Å². The molecule has 0 saturated carbocycles. The molecule has 4 rings (SSSR count). The Labute approximate surface area is 227 Å². The van der Waals surface area contributed by atoms with Gasteiger partial charge in [-0.1, -0.05) is 12.1 Å². The number of carbonyl (C=O) groups excluding carboxylic acids is 1. The first-order valence-electron chi connectivity index (χ1n) is 12.4. The smallest absolute Gasteiger partial charge is 0.416 e. The van der Waals surface area contributed by atoms with Gasteiger partial charge in [0.25, 0.3) is 5.91 Å². The van der Waals surface area contributed by atoms with Gasteiger partial charge >= 0.3 is 6.18 Å². The van der Waals surface area contributed by atoms with E-state index >= 15 is 0 Å². The van der Waals surface area contributed by atoms with Crippen LogP contribution in [0.5, 0.6) is 11.5 Å². The number of alkyl halides is 5. The van der Waals surface area contributed by atoms with Gasteiger partial charge in [-0.3, -0.25) is 9.78 Å². The molecule has 2 N–H and O–H groups in total. The summed E-state index contributed by atoms with van der Waals surface area (Å²) in [7, 11) is 2.86.